The number of rotatable bonds is 5. The van der Waals surface area contributed by atoms with E-state index in [0.29, 0.717) is 36.5 Å². The molecular formula is C18H20F2N4O3S. The zero-order valence-electron chi connectivity index (χ0n) is 15.5. The van der Waals surface area contributed by atoms with Crippen LogP contribution in [-0.4, -0.2) is 58.6 Å². The first-order chi connectivity index (χ1) is 13.3. The van der Waals surface area contributed by atoms with Crippen molar-refractivity contribution in [2.45, 2.75) is 25.4 Å². The lowest BCUT2D eigenvalue weighted by Gasteiger charge is -2.40. The number of aryl methyl sites for hydroxylation is 1. The van der Waals surface area contributed by atoms with Crippen LogP contribution in [0.5, 0.6) is 0 Å². The molecule has 1 N–H and O–H groups in total. The molecule has 1 aliphatic rings. The van der Waals surface area contributed by atoms with Crippen LogP contribution in [0.25, 0.3) is 0 Å². The van der Waals surface area contributed by atoms with Gasteiger partial charge in [-0.2, -0.15) is 0 Å². The van der Waals surface area contributed by atoms with Crippen molar-refractivity contribution in [3.8, 4) is 0 Å². The average molecular weight is 410 g/mol. The van der Waals surface area contributed by atoms with E-state index in [-0.39, 0.29) is 18.0 Å². The van der Waals surface area contributed by atoms with Gasteiger partial charge in [-0.3, -0.25) is 9.59 Å². The molecule has 0 spiro atoms. The molecule has 2 heterocycles. The van der Waals surface area contributed by atoms with Crippen molar-refractivity contribution >= 4 is 23.3 Å². The number of piperidine rings is 1. The summed E-state index contributed by atoms with van der Waals surface area (Å²) in [6.45, 7) is 2.87. The minimum Gasteiger partial charge on any atom is -0.376 e. The summed E-state index contributed by atoms with van der Waals surface area (Å²) >= 11 is 1.07. The standard InChI is InChI=1S/C18H20F2N4O3S/c1-11-15(28-23-22-11)17(26)24-7-5-18(27-2,6-8-24)10-21-16(25)12-3-4-13(19)14(20)9-12/h3-4,9H,5-8,10H2,1-2H3,(H,21,25). The van der Waals surface area contributed by atoms with Crippen molar-refractivity contribution in [3.05, 3.63) is 46.0 Å². The highest BCUT2D eigenvalue weighted by molar-refractivity contribution is 7.07. The van der Waals surface area contributed by atoms with Gasteiger partial charge in [0, 0.05) is 32.3 Å². The molecule has 0 saturated carbocycles. The number of aromatic nitrogens is 2. The van der Waals surface area contributed by atoms with E-state index in [1.54, 1.807) is 18.9 Å². The fourth-order valence-electron chi connectivity index (χ4n) is 3.12. The molecule has 0 atom stereocenters. The number of carbonyl (C=O) groups is 2. The van der Waals surface area contributed by atoms with Gasteiger partial charge in [-0.1, -0.05) is 4.49 Å². The molecule has 10 heteroatoms. The zero-order valence-corrected chi connectivity index (χ0v) is 16.3. The number of benzene rings is 1. The Balaban J connectivity index is 1.59. The van der Waals surface area contributed by atoms with Crippen molar-refractivity contribution in [2.24, 2.45) is 0 Å². The van der Waals surface area contributed by atoms with E-state index in [9.17, 15) is 18.4 Å². The number of hydrogen-bond acceptors (Lipinski definition) is 6. The van der Waals surface area contributed by atoms with Gasteiger partial charge in [0.1, 0.15) is 4.88 Å². The van der Waals surface area contributed by atoms with Gasteiger partial charge in [-0.25, -0.2) is 8.78 Å². The Morgan fingerprint density at radius 2 is 2.00 bits per heavy atom. The van der Waals surface area contributed by atoms with Crippen LogP contribution in [0.2, 0.25) is 0 Å². The number of likely N-dealkylation sites (tertiary alicyclic amines) is 1. The number of ether oxygens (including phenoxy) is 1. The van der Waals surface area contributed by atoms with Gasteiger partial charge in [0.15, 0.2) is 11.6 Å². The number of methoxy groups -OCH3 is 1. The topological polar surface area (TPSA) is 84.4 Å². The fraction of sp³-hybridized carbons (Fsp3) is 0.444. The van der Waals surface area contributed by atoms with Crippen LogP contribution in [-0.2, 0) is 4.74 Å². The van der Waals surface area contributed by atoms with Crippen LogP contribution in [0, 0.1) is 18.6 Å². The number of amides is 2. The molecule has 1 aliphatic heterocycles. The molecule has 2 aromatic rings. The highest BCUT2D eigenvalue weighted by Crippen LogP contribution is 2.27. The lowest BCUT2D eigenvalue weighted by atomic mass is 9.90. The third kappa shape index (κ3) is 4.17. The van der Waals surface area contributed by atoms with Crippen LogP contribution in [0.1, 0.15) is 38.6 Å². The first kappa shape index (κ1) is 20.3. The van der Waals surface area contributed by atoms with Gasteiger partial charge in [0.25, 0.3) is 11.8 Å². The van der Waals surface area contributed by atoms with E-state index in [0.717, 1.165) is 23.7 Å². The third-order valence-electron chi connectivity index (χ3n) is 4.99. The predicted octanol–water partition coefficient (Wildman–Crippen LogP) is 2.18. The number of halogens is 2. The maximum Gasteiger partial charge on any atom is 0.267 e. The summed E-state index contributed by atoms with van der Waals surface area (Å²) in [5, 5.41) is 6.58. The summed E-state index contributed by atoms with van der Waals surface area (Å²) in [4.78, 5) is 27.1. The first-order valence-electron chi connectivity index (χ1n) is 8.72. The molecule has 0 bridgehead atoms. The smallest absolute Gasteiger partial charge is 0.267 e. The molecule has 7 nitrogen and oxygen atoms in total. The van der Waals surface area contributed by atoms with Crippen LogP contribution in [0.15, 0.2) is 18.2 Å². The summed E-state index contributed by atoms with van der Waals surface area (Å²) < 4.78 is 35.8. The van der Waals surface area contributed by atoms with Crippen molar-refractivity contribution in [3.63, 3.8) is 0 Å². The number of nitrogens with zero attached hydrogens (tertiary/aromatic N) is 3. The molecule has 150 valence electrons. The maximum absolute atomic E-state index is 13.3. The fourth-order valence-corrected chi connectivity index (χ4v) is 3.75. The number of nitrogens with one attached hydrogen (secondary N) is 1. The molecule has 1 aromatic carbocycles. The molecule has 1 saturated heterocycles. The van der Waals surface area contributed by atoms with Gasteiger partial charge < -0.3 is 15.0 Å². The second-order valence-electron chi connectivity index (χ2n) is 6.68. The monoisotopic (exact) mass is 410 g/mol. The second kappa shape index (κ2) is 8.27. The summed E-state index contributed by atoms with van der Waals surface area (Å²) in [6, 6.07) is 2.99. The van der Waals surface area contributed by atoms with Gasteiger partial charge >= 0.3 is 0 Å². The predicted molar refractivity (Wildman–Crippen MR) is 98.2 cm³/mol. The molecule has 3 rings (SSSR count). The molecule has 0 unspecified atom stereocenters. The molecular weight excluding hydrogens is 390 g/mol. The van der Waals surface area contributed by atoms with Gasteiger partial charge in [-0.05, 0) is 49.5 Å². The van der Waals surface area contributed by atoms with Crippen molar-refractivity contribution in [1.82, 2.24) is 19.8 Å². The van der Waals surface area contributed by atoms with E-state index in [4.69, 9.17) is 4.74 Å². The first-order valence-corrected chi connectivity index (χ1v) is 9.49. The summed E-state index contributed by atoms with van der Waals surface area (Å²) in [5.74, 6) is -2.70. The van der Waals surface area contributed by atoms with Crippen LogP contribution in [0.4, 0.5) is 8.78 Å². The van der Waals surface area contributed by atoms with Gasteiger partial charge in [0.05, 0.1) is 11.3 Å². The second-order valence-corrected chi connectivity index (χ2v) is 7.43. The van der Waals surface area contributed by atoms with E-state index in [1.165, 1.54) is 6.07 Å². The van der Waals surface area contributed by atoms with Crippen LogP contribution >= 0.6 is 11.5 Å². The van der Waals surface area contributed by atoms with Crippen molar-refractivity contribution < 1.29 is 23.1 Å². The third-order valence-corrected chi connectivity index (χ3v) is 5.81. The Morgan fingerprint density at radius 3 is 2.57 bits per heavy atom. The Bertz CT molecular complexity index is 881. The average Bonchev–Trinajstić information content (AvgIpc) is 3.14. The lowest BCUT2D eigenvalue weighted by molar-refractivity contribution is -0.0494. The maximum atomic E-state index is 13.3. The SMILES string of the molecule is COC1(CNC(=O)c2ccc(F)c(F)c2)CCN(C(=O)c2snnc2C)CC1. The Morgan fingerprint density at radius 1 is 1.29 bits per heavy atom. The molecule has 0 radical (unpaired) electrons. The number of hydrogen-bond donors (Lipinski definition) is 1. The number of carbonyl (C=O) groups excluding carboxylic acids is 2. The quantitative estimate of drug-likeness (QED) is 0.817. The van der Waals surface area contributed by atoms with E-state index in [2.05, 4.69) is 14.9 Å². The summed E-state index contributed by atoms with van der Waals surface area (Å²) in [5.41, 5.74) is 0.00903. The highest BCUT2D eigenvalue weighted by atomic mass is 32.1. The molecule has 1 fully saturated rings. The minimum atomic E-state index is -1.08. The van der Waals surface area contributed by atoms with Crippen LogP contribution in [0.3, 0.4) is 0 Å². The van der Waals surface area contributed by atoms with E-state index >= 15 is 0 Å². The summed E-state index contributed by atoms with van der Waals surface area (Å²) in [7, 11) is 1.55. The Labute approximate surface area is 164 Å². The Hall–Kier alpha value is -2.46. The van der Waals surface area contributed by atoms with Crippen molar-refractivity contribution in [2.75, 3.05) is 26.7 Å². The highest BCUT2D eigenvalue weighted by Gasteiger charge is 2.37. The van der Waals surface area contributed by atoms with Crippen molar-refractivity contribution in [1.29, 1.82) is 0 Å². The molecule has 1 aromatic heterocycles. The van der Waals surface area contributed by atoms with Gasteiger partial charge in [0.2, 0.25) is 0 Å². The molecule has 0 aliphatic carbocycles. The summed E-state index contributed by atoms with van der Waals surface area (Å²) in [6.07, 6.45) is 1.05. The van der Waals surface area contributed by atoms with E-state index < -0.39 is 23.1 Å². The lowest BCUT2D eigenvalue weighted by Crippen LogP contribution is -2.53. The van der Waals surface area contributed by atoms with E-state index in [1.807, 2.05) is 0 Å². The molecule has 28 heavy (non-hydrogen) atoms. The Kier molecular flexibility index (Phi) is 5.99. The van der Waals surface area contributed by atoms with Gasteiger partial charge in [-0.15, -0.1) is 5.10 Å². The minimum absolute atomic E-state index is 0.0333. The normalized spacial score (nSPS) is 16.1. The zero-order chi connectivity index (χ0) is 20.3. The molecule has 2 amide bonds. The van der Waals surface area contributed by atoms with Crippen LogP contribution < -0.4 is 5.32 Å². The largest absolute Gasteiger partial charge is 0.376 e.